The van der Waals surface area contributed by atoms with Gasteiger partial charge in [-0.05, 0) is 50.0 Å². The van der Waals surface area contributed by atoms with Crippen LogP contribution < -0.4 is 5.32 Å². The van der Waals surface area contributed by atoms with Gasteiger partial charge in [-0.3, -0.25) is 4.90 Å². The fourth-order valence-electron chi connectivity index (χ4n) is 3.23. The maximum absolute atomic E-state index is 3.73. The molecule has 2 atom stereocenters. The molecule has 0 aromatic heterocycles. The van der Waals surface area contributed by atoms with E-state index in [1.807, 2.05) is 7.05 Å². The van der Waals surface area contributed by atoms with Crippen molar-refractivity contribution in [3.05, 3.63) is 33.8 Å². The van der Waals surface area contributed by atoms with Gasteiger partial charge in [0.05, 0.1) is 0 Å². The highest BCUT2D eigenvalue weighted by molar-refractivity contribution is 9.10. The second-order valence-electron chi connectivity index (χ2n) is 6.30. The molecule has 2 rings (SSSR count). The maximum Gasteiger partial charge on any atom is 0.0244 e. The van der Waals surface area contributed by atoms with Gasteiger partial charge >= 0.3 is 0 Å². The number of nitrogens with zero attached hydrogens (tertiary/aromatic N) is 1. The molecule has 2 nitrogen and oxygen atoms in total. The molecule has 1 aromatic carbocycles. The van der Waals surface area contributed by atoms with Crippen LogP contribution in [-0.4, -0.2) is 25.0 Å². The normalized spacial score (nSPS) is 23.2. The third kappa shape index (κ3) is 4.31. The fraction of sp³-hybridized carbons (Fsp3) is 0.647. The van der Waals surface area contributed by atoms with Crippen molar-refractivity contribution in [2.75, 3.05) is 14.1 Å². The summed E-state index contributed by atoms with van der Waals surface area (Å²) < 4.78 is 1.24. The monoisotopic (exact) mass is 338 g/mol. The summed E-state index contributed by atoms with van der Waals surface area (Å²) in [6.45, 7) is 4.36. The SMILES string of the molecule is CNCc1ccc(CN(C)C2CCCC(C)C2)c(Br)c1. The molecule has 0 bridgehead atoms. The Labute approximate surface area is 132 Å². The van der Waals surface area contributed by atoms with Crippen molar-refractivity contribution in [3.63, 3.8) is 0 Å². The van der Waals surface area contributed by atoms with Gasteiger partial charge in [0, 0.05) is 23.6 Å². The van der Waals surface area contributed by atoms with Crippen molar-refractivity contribution in [2.24, 2.45) is 5.92 Å². The van der Waals surface area contributed by atoms with Gasteiger partial charge in [0.25, 0.3) is 0 Å². The van der Waals surface area contributed by atoms with E-state index in [4.69, 9.17) is 0 Å². The van der Waals surface area contributed by atoms with Gasteiger partial charge in [0.2, 0.25) is 0 Å². The van der Waals surface area contributed by atoms with Gasteiger partial charge in [-0.15, -0.1) is 0 Å². The first-order valence-corrected chi connectivity index (χ1v) is 8.51. The Kier molecular flexibility index (Phi) is 6.06. The van der Waals surface area contributed by atoms with Crippen molar-refractivity contribution in [2.45, 2.75) is 51.7 Å². The third-order valence-electron chi connectivity index (χ3n) is 4.45. The molecule has 0 saturated heterocycles. The lowest BCUT2D eigenvalue weighted by Gasteiger charge is -2.34. The predicted molar refractivity (Wildman–Crippen MR) is 89.8 cm³/mol. The van der Waals surface area contributed by atoms with E-state index in [2.05, 4.69) is 58.3 Å². The van der Waals surface area contributed by atoms with E-state index in [0.29, 0.717) is 0 Å². The number of hydrogen-bond acceptors (Lipinski definition) is 2. The summed E-state index contributed by atoms with van der Waals surface area (Å²) in [6, 6.07) is 7.49. The van der Waals surface area contributed by atoms with Gasteiger partial charge in [0.1, 0.15) is 0 Å². The van der Waals surface area contributed by atoms with Crippen molar-refractivity contribution in [3.8, 4) is 0 Å². The molecule has 0 amide bonds. The molecule has 1 aliphatic rings. The number of nitrogens with one attached hydrogen (secondary N) is 1. The zero-order chi connectivity index (χ0) is 14.5. The first kappa shape index (κ1) is 16.0. The van der Waals surface area contributed by atoms with Crippen LogP contribution in [0.3, 0.4) is 0 Å². The molecule has 0 spiro atoms. The maximum atomic E-state index is 3.73. The van der Waals surface area contributed by atoms with Crippen molar-refractivity contribution < 1.29 is 0 Å². The molecule has 112 valence electrons. The summed E-state index contributed by atoms with van der Waals surface area (Å²) in [7, 11) is 4.26. The standard InChI is InChI=1S/C17H27BrN2/c1-13-5-4-6-16(9-13)20(3)12-15-8-7-14(11-19-2)10-17(15)18/h7-8,10,13,16,19H,4-6,9,11-12H2,1-3H3. The average molecular weight is 339 g/mol. The summed E-state index contributed by atoms with van der Waals surface area (Å²) in [5, 5.41) is 3.20. The van der Waals surface area contributed by atoms with Crippen LogP contribution in [0.5, 0.6) is 0 Å². The largest absolute Gasteiger partial charge is 0.316 e. The highest BCUT2D eigenvalue weighted by atomic mass is 79.9. The molecule has 3 heteroatoms. The van der Waals surface area contributed by atoms with E-state index in [1.165, 1.54) is 41.3 Å². The Hall–Kier alpha value is -0.380. The Balaban J connectivity index is 1.98. The lowest BCUT2D eigenvalue weighted by Crippen LogP contribution is -2.35. The van der Waals surface area contributed by atoms with Crippen LogP contribution in [0.2, 0.25) is 0 Å². The first-order valence-electron chi connectivity index (χ1n) is 7.72. The Bertz CT molecular complexity index is 433. The fourth-order valence-corrected chi connectivity index (χ4v) is 3.78. The van der Waals surface area contributed by atoms with Gasteiger partial charge in [0.15, 0.2) is 0 Å². The number of rotatable bonds is 5. The number of halogens is 1. The van der Waals surface area contributed by atoms with Crippen LogP contribution in [0.15, 0.2) is 22.7 Å². The molecule has 1 saturated carbocycles. The lowest BCUT2D eigenvalue weighted by molar-refractivity contribution is 0.157. The highest BCUT2D eigenvalue weighted by Crippen LogP contribution is 2.28. The molecular formula is C17H27BrN2. The van der Waals surface area contributed by atoms with Gasteiger partial charge in [-0.2, -0.15) is 0 Å². The van der Waals surface area contributed by atoms with Gasteiger partial charge in [-0.25, -0.2) is 0 Å². The number of hydrogen-bond donors (Lipinski definition) is 1. The predicted octanol–water partition coefficient (Wildman–Crippen LogP) is 4.18. The summed E-state index contributed by atoms with van der Waals surface area (Å²) in [6.07, 6.45) is 5.51. The van der Waals surface area contributed by atoms with E-state index in [-0.39, 0.29) is 0 Å². The van der Waals surface area contributed by atoms with E-state index < -0.39 is 0 Å². The van der Waals surface area contributed by atoms with Crippen LogP contribution in [0.25, 0.3) is 0 Å². The molecule has 1 fully saturated rings. The van der Waals surface area contributed by atoms with Gasteiger partial charge < -0.3 is 5.32 Å². The summed E-state index contributed by atoms with van der Waals surface area (Å²) in [5.41, 5.74) is 2.72. The molecular weight excluding hydrogens is 312 g/mol. The van der Waals surface area contributed by atoms with Crippen LogP contribution in [0.4, 0.5) is 0 Å². The Morgan fingerprint density at radius 1 is 1.35 bits per heavy atom. The molecule has 2 unspecified atom stereocenters. The minimum Gasteiger partial charge on any atom is -0.316 e. The summed E-state index contributed by atoms with van der Waals surface area (Å²) in [4.78, 5) is 2.54. The van der Waals surface area contributed by atoms with Crippen LogP contribution >= 0.6 is 15.9 Å². The molecule has 1 aromatic rings. The molecule has 20 heavy (non-hydrogen) atoms. The van der Waals surface area contributed by atoms with Crippen LogP contribution in [0, 0.1) is 5.92 Å². The zero-order valence-corrected chi connectivity index (χ0v) is 14.5. The smallest absolute Gasteiger partial charge is 0.0244 e. The minimum atomic E-state index is 0.752. The van der Waals surface area contributed by atoms with Crippen molar-refractivity contribution in [1.29, 1.82) is 0 Å². The van der Waals surface area contributed by atoms with E-state index in [1.54, 1.807) is 0 Å². The summed E-state index contributed by atoms with van der Waals surface area (Å²) >= 11 is 3.73. The number of benzene rings is 1. The third-order valence-corrected chi connectivity index (χ3v) is 5.19. The molecule has 1 aliphatic carbocycles. The zero-order valence-electron chi connectivity index (χ0n) is 13.0. The van der Waals surface area contributed by atoms with E-state index in [9.17, 15) is 0 Å². The average Bonchev–Trinajstić information content (AvgIpc) is 2.42. The van der Waals surface area contributed by atoms with Crippen LogP contribution in [0.1, 0.15) is 43.7 Å². The van der Waals surface area contributed by atoms with Crippen molar-refractivity contribution >= 4 is 15.9 Å². The lowest BCUT2D eigenvalue weighted by atomic mass is 9.86. The first-order chi connectivity index (χ1) is 9.60. The Morgan fingerprint density at radius 3 is 2.80 bits per heavy atom. The topological polar surface area (TPSA) is 15.3 Å². The van der Waals surface area contributed by atoms with E-state index in [0.717, 1.165) is 25.0 Å². The quantitative estimate of drug-likeness (QED) is 0.866. The molecule has 1 N–H and O–H groups in total. The molecule has 0 heterocycles. The van der Waals surface area contributed by atoms with Crippen LogP contribution in [-0.2, 0) is 13.1 Å². The minimum absolute atomic E-state index is 0.752. The van der Waals surface area contributed by atoms with E-state index >= 15 is 0 Å². The second-order valence-corrected chi connectivity index (χ2v) is 7.15. The highest BCUT2D eigenvalue weighted by Gasteiger charge is 2.22. The van der Waals surface area contributed by atoms with Gasteiger partial charge in [-0.1, -0.05) is 47.8 Å². The summed E-state index contributed by atoms with van der Waals surface area (Å²) in [5.74, 6) is 0.887. The van der Waals surface area contributed by atoms with Crippen molar-refractivity contribution in [1.82, 2.24) is 10.2 Å². The second kappa shape index (κ2) is 7.58. The molecule has 0 radical (unpaired) electrons. The Morgan fingerprint density at radius 2 is 2.15 bits per heavy atom. The molecule has 0 aliphatic heterocycles.